The fraction of sp³-hybridized carbons (Fsp3) is 0.250. The van der Waals surface area contributed by atoms with Crippen LogP contribution in [0.15, 0.2) is 84.1 Å². The molecule has 0 saturated heterocycles. The van der Waals surface area contributed by atoms with E-state index in [9.17, 15) is 9.90 Å². The van der Waals surface area contributed by atoms with E-state index in [1.165, 1.54) is 0 Å². The van der Waals surface area contributed by atoms with Crippen molar-refractivity contribution >= 4 is 11.7 Å². The second-order valence-electron chi connectivity index (χ2n) is 8.62. The first-order chi connectivity index (χ1) is 15.9. The molecule has 33 heavy (non-hydrogen) atoms. The normalized spacial score (nSPS) is 18.4. The molecule has 0 unspecified atom stereocenters. The summed E-state index contributed by atoms with van der Waals surface area (Å²) < 4.78 is 5.67. The van der Waals surface area contributed by atoms with Crippen LogP contribution in [-0.4, -0.2) is 17.1 Å². The molecule has 0 amide bonds. The topological polar surface area (TPSA) is 61.8 Å². The maximum Gasteiger partial charge on any atom is 0.339 e. The largest absolute Gasteiger partial charge is 0.509 e. The zero-order chi connectivity index (χ0) is 23.5. The number of nitrogens with one attached hydrogen (secondary N) is 1. The quantitative estimate of drug-likeness (QED) is 0.502. The first-order valence-electron chi connectivity index (χ1n) is 11.2. The number of nitrogens with zero attached hydrogens (tertiary/aromatic N) is 1. The van der Waals surface area contributed by atoms with Crippen LogP contribution in [-0.2, 0) is 16.1 Å². The fourth-order valence-corrected chi connectivity index (χ4v) is 4.58. The number of ether oxygens (including phenoxy) is 1. The van der Waals surface area contributed by atoms with Crippen LogP contribution < -0.4 is 10.4 Å². The van der Waals surface area contributed by atoms with Crippen LogP contribution in [0, 0.1) is 20.8 Å². The minimum absolute atomic E-state index is 0.0139. The van der Waals surface area contributed by atoms with Crippen LogP contribution in [0.25, 0.3) is 0 Å². The lowest BCUT2D eigenvalue weighted by molar-refractivity contribution is -0.141. The number of aliphatic hydroxyl groups excluding tert-OH is 1. The van der Waals surface area contributed by atoms with Crippen molar-refractivity contribution in [1.82, 2.24) is 5.43 Å². The number of carbonyl (C=O) groups excluding carboxylic acids is 1. The third kappa shape index (κ3) is 4.64. The highest BCUT2D eigenvalue weighted by Crippen LogP contribution is 2.37. The highest BCUT2D eigenvalue weighted by Gasteiger charge is 2.39. The van der Waals surface area contributed by atoms with E-state index in [2.05, 4.69) is 24.5 Å². The number of para-hydroxylation sites is 1. The van der Waals surface area contributed by atoms with E-state index in [0.29, 0.717) is 0 Å². The molecule has 0 bridgehead atoms. The summed E-state index contributed by atoms with van der Waals surface area (Å²) >= 11 is 0. The van der Waals surface area contributed by atoms with Gasteiger partial charge in [-0.05, 0) is 62.1 Å². The summed E-state index contributed by atoms with van der Waals surface area (Å²) in [5.74, 6) is -0.507. The maximum atomic E-state index is 13.3. The van der Waals surface area contributed by atoms with Gasteiger partial charge in [0.05, 0.1) is 17.3 Å². The van der Waals surface area contributed by atoms with E-state index in [-0.39, 0.29) is 17.9 Å². The van der Waals surface area contributed by atoms with E-state index >= 15 is 0 Å². The highest BCUT2D eigenvalue weighted by atomic mass is 16.5. The number of aliphatic hydroxyl groups is 1. The summed E-state index contributed by atoms with van der Waals surface area (Å²) in [5.41, 5.74) is 9.78. The number of hydrogen-bond acceptors (Lipinski definition) is 5. The van der Waals surface area contributed by atoms with Crippen molar-refractivity contribution in [2.45, 2.75) is 46.4 Å². The van der Waals surface area contributed by atoms with E-state index in [1.54, 1.807) is 0 Å². The lowest BCUT2D eigenvalue weighted by Crippen LogP contribution is -2.53. The Balaban J connectivity index is 1.76. The molecule has 1 heterocycles. The van der Waals surface area contributed by atoms with E-state index in [0.717, 1.165) is 33.5 Å². The number of hydrogen-bond donors (Lipinski definition) is 2. The van der Waals surface area contributed by atoms with Crippen LogP contribution in [0.3, 0.4) is 0 Å². The van der Waals surface area contributed by atoms with Crippen LogP contribution >= 0.6 is 0 Å². The molecule has 3 aromatic carbocycles. The van der Waals surface area contributed by atoms with Gasteiger partial charge in [-0.2, -0.15) is 0 Å². The molecule has 2 N–H and O–H groups in total. The van der Waals surface area contributed by atoms with Gasteiger partial charge in [-0.15, -0.1) is 0 Å². The van der Waals surface area contributed by atoms with Gasteiger partial charge >= 0.3 is 5.97 Å². The average Bonchev–Trinajstić information content (AvgIpc) is 2.80. The number of rotatable bonds is 5. The highest BCUT2D eigenvalue weighted by molar-refractivity contribution is 5.91. The summed E-state index contributed by atoms with van der Waals surface area (Å²) in [4.78, 5) is 13.3. The molecule has 5 heteroatoms. The third-order valence-electron chi connectivity index (χ3n) is 6.11. The summed E-state index contributed by atoms with van der Waals surface area (Å²) in [6, 6.07) is 22.5. The van der Waals surface area contributed by atoms with Gasteiger partial charge in [0.1, 0.15) is 18.4 Å². The number of carbonyl (C=O) groups is 1. The van der Waals surface area contributed by atoms with Crippen molar-refractivity contribution in [3.8, 4) is 0 Å². The van der Waals surface area contributed by atoms with Gasteiger partial charge in [-0.3, -0.25) is 5.01 Å². The Morgan fingerprint density at radius 2 is 1.55 bits per heavy atom. The van der Waals surface area contributed by atoms with Crippen molar-refractivity contribution in [3.63, 3.8) is 0 Å². The predicted molar refractivity (Wildman–Crippen MR) is 131 cm³/mol. The molecule has 2 atom stereocenters. The molecular formula is C28H30N2O3. The van der Waals surface area contributed by atoms with Gasteiger partial charge in [-0.25, -0.2) is 10.2 Å². The lowest BCUT2D eigenvalue weighted by atomic mass is 9.87. The summed E-state index contributed by atoms with van der Waals surface area (Å²) in [6.07, 6.45) is 0. The SMILES string of the molecule is Cc1cc(C)c([C@@H]2NN(c3ccccc3)[C@H](C)C(O)=C2C(=O)OCc2ccccc2)c(C)c1. The van der Waals surface area contributed by atoms with Crippen LogP contribution in [0.4, 0.5) is 5.69 Å². The molecule has 0 aromatic heterocycles. The predicted octanol–water partition coefficient (Wildman–Crippen LogP) is 5.62. The minimum Gasteiger partial charge on any atom is -0.509 e. The van der Waals surface area contributed by atoms with E-state index < -0.39 is 18.1 Å². The van der Waals surface area contributed by atoms with Gasteiger partial charge in [0.15, 0.2) is 0 Å². The molecule has 0 aliphatic carbocycles. The summed E-state index contributed by atoms with van der Waals surface area (Å²) in [5, 5.41) is 13.2. The third-order valence-corrected chi connectivity index (χ3v) is 6.11. The number of hydrazine groups is 1. The molecule has 0 spiro atoms. The molecule has 5 nitrogen and oxygen atoms in total. The molecule has 1 aliphatic rings. The lowest BCUT2D eigenvalue weighted by Gasteiger charge is -2.41. The molecule has 170 valence electrons. The smallest absolute Gasteiger partial charge is 0.339 e. The Morgan fingerprint density at radius 3 is 2.15 bits per heavy atom. The van der Waals surface area contributed by atoms with E-state index in [1.807, 2.05) is 86.4 Å². The number of esters is 1. The Hall–Kier alpha value is -3.57. The Bertz CT molecular complexity index is 1150. The van der Waals surface area contributed by atoms with Crippen LogP contribution in [0.5, 0.6) is 0 Å². The first kappa shape index (κ1) is 22.6. The molecule has 0 fully saturated rings. The zero-order valence-corrected chi connectivity index (χ0v) is 19.5. The number of benzene rings is 3. The summed E-state index contributed by atoms with van der Waals surface area (Å²) in [6.45, 7) is 8.13. The van der Waals surface area contributed by atoms with Crippen molar-refractivity contribution in [3.05, 3.63) is 112 Å². The molecule has 1 aliphatic heterocycles. The Kier molecular flexibility index (Phi) is 6.52. The molecule has 0 saturated carbocycles. The number of anilines is 1. The van der Waals surface area contributed by atoms with Crippen molar-refractivity contribution in [2.75, 3.05) is 5.01 Å². The first-order valence-corrected chi connectivity index (χ1v) is 11.2. The van der Waals surface area contributed by atoms with E-state index in [4.69, 9.17) is 4.74 Å². The van der Waals surface area contributed by atoms with Gasteiger partial charge in [0, 0.05) is 0 Å². The fourth-order valence-electron chi connectivity index (χ4n) is 4.58. The van der Waals surface area contributed by atoms with Gasteiger partial charge in [0.25, 0.3) is 0 Å². The standard InChI is InChI=1S/C28H30N2O3/c1-18-15-19(2)24(20(3)16-18)26-25(28(32)33-17-22-11-7-5-8-12-22)27(31)21(4)30(29-26)23-13-9-6-10-14-23/h5-16,21,26,29,31H,17H2,1-4H3/t21-,26+/m1/s1. The maximum absolute atomic E-state index is 13.3. The van der Waals surface area contributed by atoms with Crippen LogP contribution in [0.2, 0.25) is 0 Å². The molecule has 0 radical (unpaired) electrons. The van der Waals surface area contributed by atoms with Gasteiger partial charge in [-0.1, -0.05) is 66.2 Å². The molecule has 3 aromatic rings. The number of aryl methyl sites for hydroxylation is 3. The molecular weight excluding hydrogens is 412 g/mol. The summed E-state index contributed by atoms with van der Waals surface area (Å²) in [7, 11) is 0. The van der Waals surface area contributed by atoms with Crippen molar-refractivity contribution < 1.29 is 14.6 Å². The zero-order valence-electron chi connectivity index (χ0n) is 19.5. The Labute approximate surface area is 195 Å². The monoisotopic (exact) mass is 442 g/mol. The molecule has 4 rings (SSSR count). The minimum atomic E-state index is -0.551. The van der Waals surface area contributed by atoms with Crippen LogP contribution in [0.1, 0.15) is 40.8 Å². The Morgan fingerprint density at radius 1 is 0.970 bits per heavy atom. The van der Waals surface area contributed by atoms with Crippen molar-refractivity contribution in [2.24, 2.45) is 0 Å². The van der Waals surface area contributed by atoms with Gasteiger partial charge < -0.3 is 9.84 Å². The average molecular weight is 443 g/mol. The second-order valence-corrected chi connectivity index (χ2v) is 8.62. The van der Waals surface area contributed by atoms with Crippen molar-refractivity contribution in [1.29, 1.82) is 0 Å². The van der Waals surface area contributed by atoms with Gasteiger partial charge in [0.2, 0.25) is 0 Å². The second kappa shape index (κ2) is 9.51.